The molecule has 8 heteroatoms. The van der Waals surface area contributed by atoms with Gasteiger partial charge < -0.3 is 9.84 Å². The zero-order valence-electron chi connectivity index (χ0n) is 16.0. The van der Waals surface area contributed by atoms with Gasteiger partial charge in [-0.25, -0.2) is 14.2 Å². The quantitative estimate of drug-likeness (QED) is 0.385. The number of ether oxygens (including phenoxy) is 1. The number of pyridine rings is 1. The van der Waals surface area contributed by atoms with Crippen LogP contribution in [0.1, 0.15) is 23.1 Å². The average Bonchev–Trinajstić information content (AvgIpc) is 3.07. The van der Waals surface area contributed by atoms with Gasteiger partial charge in [-0.15, -0.1) is 5.54 Å². The minimum atomic E-state index is -1.70. The van der Waals surface area contributed by atoms with E-state index >= 15 is 0 Å². The highest BCUT2D eigenvalue weighted by Crippen LogP contribution is 2.39. The van der Waals surface area contributed by atoms with Gasteiger partial charge >= 0.3 is 5.97 Å². The van der Waals surface area contributed by atoms with Gasteiger partial charge in [-0.2, -0.15) is 4.37 Å². The van der Waals surface area contributed by atoms with Crippen molar-refractivity contribution in [2.24, 2.45) is 0 Å². The Morgan fingerprint density at radius 3 is 2.57 bits per heavy atom. The zero-order chi connectivity index (χ0) is 20.5. The molecule has 0 atom stereocenters. The minimum Gasteiger partial charge on any atom is -0.505 e. The van der Waals surface area contributed by atoms with Crippen LogP contribution < -0.4 is 0 Å². The first kappa shape index (κ1) is 20.0. The van der Waals surface area contributed by atoms with E-state index in [9.17, 15) is 14.3 Å². The van der Waals surface area contributed by atoms with E-state index in [1.54, 1.807) is 19.1 Å². The van der Waals surface area contributed by atoms with Crippen LogP contribution in [0.3, 0.4) is 0 Å². The second-order valence-corrected chi connectivity index (χ2v) is 12.6. The zero-order valence-corrected chi connectivity index (χ0v) is 17.8. The number of hydrogen-bond acceptors (Lipinski definition) is 6. The van der Waals surface area contributed by atoms with Crippen molar-refractivity contribution in [1.29, 1.82) is 0 Å². The third-order valence-corrected chi connectivity index (χ3v) is 5.46. The van der Waals surface area contributed by atoms with Crippen molar-refractivity contribution in [3.05, 3.63) is 41.5 Å². The van der Waals surface area contributed by atoms with E-state index < -0.39 is 14.0 Å². The smallest absolute Gasteiger partial charge is 0.360 e. The van der Waals surface area contributed by atoms with Crippen molar-refractivity contribution in [3.8, 4) is 28.5 Å². The molecule has 0 saturated carbocycles. The molecule has 0 bridgehead atoms. The van der Waals surface area contributed by atoms with Crippen LogP contribution in [0, 0.1) is 17.3 Å². The standard InChI is InChI=1S/C20H19FN2O3SSi/c1-5-26-20(25)17-18(24)15-16(12-6-8-13(21)9-7-12)23-27-19(15)14(22-17)10-11-28(2,3)4/h6-9,24H,5H2,1-4H3. The predicted molar refractivity (Wildman–Crippen MR) is 111 cm³/mol. The van der Waals surface area contributed by atoms with Crippen LogP contribution in [0.5, 0.6) is 5.75 Å². The Labute approximate surface area is 167 Å². The molecule has 3 rings (SSSR count). The van der Waals surface area contributed by atoms with E-state index in [1.807, 2.05) is 0 Å². The molecule has 2 aromatic heterocycles. The summed E-state index contributed by atoms with van der Waals surface area (Å²) in [6.07, 6.45) is 0. The van der Waals surface area contributed by atoms with E-state index in [1.165, 1.54) is 12.1 Å². The molecule has 2 heterocycles. The van der Waals surface area contributed by atoms with Crippen molar-refractivity contribution in [1.82, 2.24) is 9.36 Å². The molecule has 28 heavy (non-hydrogen) atoms. The summed E-state index contributed by atoms with van der Waals surface area (Å²) in [5.74, 6) is 1.65. The number of rotatable bonds is 3. The minimum absolute atomic E-state index is 0.153. The van der Waals surface area contributed by atoms with Crippen LogP contribution in [-0.4, -0.2) is 35.1 Å². The van der Waals surface area contributed by atoms with Crippen molar-refractivity contribution in [3.63, 3.8) is 0 Å². The molecule has 5 nitrogen and oxygen atoms in total. The van der Waals surface area contributed by atoms with E-state index in [0.29, 0.717) is 27.0 Å². The van der Waals surface area contributed by atoms with Crippen LogP contribution in [0.15, 0.2) is 24.3 Å². The fourth-order valence-corrected chi connectivity index (χ4v) is 3.82. The molecular formula is C20H19FN2O3SSi. The Balaban J connectivity index is 2.31. The number of hydrogen-bond donors (Lipinski definition) is 1. The summed E-state index contributed by atoms with van der Waals surface area (Å²) in [5, 5.41) is 11.1. The lowest BCUT2D eigenvalue weighted by atomic mass is 10.1. The summed E-state index contributed by atoms with van der Waals surface area (Å²) < 4.78 is 23.3. The Hall–Kier alpha value is -2.76. The number of halogens is 1. The molecule has 0 radical (unpaired) electrons. The molecule has 144 valence electrons. The van der Waals surface area contributed by atoms with Crippen molar-refractivity contribution >= 4 is 35.7 Å². The van der Waals surface area contributed by atoms with Gasteiger partial charge in [0, 0.05) is 5.56 Å². The molecule has 0 amide bonds. The maximum atomic E-state index is 13.3. The van der Waals surface area contributed by atoms with E-state index in [-0.39, 0.29) is 23.9 Å². The summed E-state index contributed by atoms with van der Waals surface area (Å²) in [6, 6.07) is 5.77. The number of nitrogens with zero attached hydrogens (tertiary/aromatic N) is 2. The second-order valence-electron chi connectivity index (χ2n) is 7.12. The summed E-state index contributed by atoms with van der Waals surface area (Å²) in [4.78, 5) is 16.6. The third-order valence-electron chi connectivity index (χ3n) is 3.73. The van der Waals surface area contributed by atoms with Crippen LogP contribution in [0.4, 0.5) is 4.39 Å². The van der Waals surface area contributed by atoms with E-state index in [0.717, 1.165) is 11.5 Å². The summed E-state index contributed by atoms with van der Waals surface area (Å²) >= 11 is 1.13. The van der Waals surface area contributed by atoms with Gasteiger partial charge in [-0.05, 0) is 42.7 Å². The van der Waals surface area contributed by atoms with Gasteiger partial charge in [-0.3, -0.25) is 0 Å². The molecule has 0 spiro atoms. The highest BCUT2D eigenvalue weighted by molar-refractivity contribution is 7.14. The van der Waals surface area contributed by atoms with Crippen LogP contribution in [0.25, 0.3) is 21.3 Å². The predicted octanol–water partition coefficient (Wildman–Crippen LogP) is 4.61. The van der Waals surface area contributed by atoms with E-state index in [2.05, 4.69) is 40.5 Å². The number of aromatic hydroxyl groups is 1. The molecule has 0 aliphatic carbocycles. The lowest BCUT2D eigenvalue weighted by molar-refractivity contribution is 0.0516. The van der Waals surface area contributed by atoms with E-state index in [4.69, 9.17) is 4.74 Å². The normalized spacial score (nSPS) is 11.2. The SMILES string of the molecule is CCOC(=O)c1nc(C#C[Si](C)(C)C)c2snc(-c3ccc(F)cc3)c2c1O. The number of benzene rings is 1. The molecule has 0 unspecified atom stereocenters. The Bertz CT molecular complexity index is 1110. The van der Waals surface area contributed by atoms with Crippen molar-refractivity contribution in [2.75, 3.05) is 6.61 Å². The van der Waals surface area contributed by atoms with Gasteiger partial charge in [0.15, 0.2) is 11.4 Å². The van der Waals surface area contributed by atoms with Crippen LogP contribution in [0.2, 0.25) is 19.6 Å². The van der Waals surface area contributed by atoms with Crippen LogP contribution in [-0.2, 0) is 4.74 Å². The second kappa shape index (κ2) is 7.70. The van der Waals surface area contributed by atoms with Gasteiger partial charge in [-0.1, -0.05) is 25.6 Å². The number of aromatic nitrogens is 2. The molecule has 0 aliphatic heterocycles. The highest BCUT2D eigenvalue weighted by atomic mass is 32.1. The van der Waals surface area contributed by atoms with Gasteiger partial charge in [0.05, 0.1) is 22.4 Å². The largest absolute Gasteiger partial charge is 0.505 e. The van der Waals surface area contributed by atoms with Gasteiger partial charge in [0.1, 0.15) is 19.6 Å². The maximum Gasteiger partial charge on any atom is 0.360 e. The summed E-state index contributed by atoms with van der Waals surface area (Å²) in [5.41, 5.74) is 4.47. The van der Waals surface area contributed by atoms with Crippen molar-refractivity contribution in [2.45, 2.75) is 26.6 Å². The molecule has 0 saturated heterocycles. The molecule has 0 fully saturated rings. The van der Waals surface area contributed by atoms with Crippen molar-refractivity contribution < 1.29 is 19.0 Å². The third kappa shape index (κ3) is 4.05. The Morgan fingerprint density at radius 2 is 1.96 bits per heavy atom. The Kier molecular flexibility index (Phi) is 5.49. The fourth-order valence-electron chi connectivity index (χ4n) is 2.48. The fraction of sp³-hybridized carbons (Fsp3) is 0.250. The molecule has 1 N–H and O–H groups in total. The summed E-state index contributed by atoms with van der Waals surface area (Å²) in [7, 11) is -1.70. The molecular weight excluding hydrogens is 395 g/mol. The first-order valence-electron chi connectivity index (χ1n) is 8.70. The first-order valence-corrected chi connectivity index (χ1v) is 13.0. The lowest BCUT2D eigenvalue weighted by Gasteiger charge is -2.08. The average molecular weight is 415 g/mol. The topological polar surface area (TPSA) is 72.3 Å². The molecule has 3 aromatic rings. The first-order chi connectivity index (χ1) is 13.2. The highest BCUT2D eigenvalue weighted by Gasteiger charge is 2.24. The van der Waals surface area contributed by atoms with Gasteiger partial charge in [0.2, 0.25) is 0 Å². The number of carbonyl (C=O) groups excluding carboxylic acids is 1. The monoisotopic (exact) mass is 414 g/mol. The molecule has 0 aliphatic rings. The number of fused-ring (bicyclic) bond motifs is 1. The lowest BCUT2D eigenvalue weighted by Crippen LogP contribution is -2.16. The Morgan fingerprint density at radius 1 is 1.29 bits per heavy atom. The number of esters is 1. The number of carbonyl (C=O) groups is 1. The molecule has 1 aromatic carbocycles. The van der Waals surface area contributed by atoms with Gasteiger partial charge in [0.25, 0.3) is 0 Å². The summed E-state index contributed by atoms with van der Waals surface area (Å²) in [6.45, 7) is 8.12. The van der Waals surface area contributed by atoms with Crippen LogP contribution >= 0.6 is 11.5 Å². The maximum absolute atomic E-state index is 13.3.